The van der Waals surface area contributed by atoms with Crippen LogP contribution in [0.15, 0.2) is 16.6 Å². The van der Waals surface area contributed by atoms with Gasteiger partial charge in [0.15, 0.2) is 0 Å². The maximum Gasteiger partial charge on any atom is 0.139 e. The smallest absolute Gasteiger partial charge is 0.139 e. The molecule has 0 spiro atoms. The minimum Gasteiger partial charge on any atom is -0.397 e. The summed E-state index contributed by atoms with van der Waals surface area (Å²) in [5.41, 5.74) is 6.73. The third kappa shape index (κ3) is 3.20. The van der Waals surface area contributed by atoms with Crippen molar-refractivity contribution in [1.82, 2.24) is 0 Å². The highest BCUT2D eigenvalue weighted by Gasteiger charge is 2.38. The molecule has 2 N–H and O–H groups in total. The summed E-state index contributed by atoms with van der Waals surface area (Å²) in [4.78, 5) is 2.09. The average molecular weight is 331 g/mol. The van der Waals surface area contributed by atoms with Crippen molar-refractivity contribution in [3.05, 3.63) is 22.4 Å². The van der Waals surface area contributed by atoms with E-state index in [1.807, 2.05) is 27.7 Å². The molecule has 106 valence electrons. The molecule has 1 aliphatic rings. The van der Waals surface area contributed by atoms with Crippen LogP contribution in [0, 0.1) is 5.82 Å². The normalized spacial score (nSPS) is 21.5. The number of halogens is 2. The summed E-state index contributed by atoms with van der Waals surface area (Å²) in [6.07, 6.45) is 0. The van der Waals surface area contributed by atoms with Crippen molar-refractivity contribution in [2.45, 2.75) is 38.9 Å². The molecule has 19 heavy (non-hydrogen) atoms. The first-order chi connectivity index (χ1) is 8.60. The van der Waals surface area contributed by atoms with Gasteiger partial charge >= 0.3 is 0 Å². The SMILES string of the molecule is CC1(C)CN(c2cc(F)c(Br)cc2N)CC(C)(C)O1. The second kappa shape index (κ2) is 4.63. The van der Waals surface area contributed by atoms with Crippen molar-refractivity contribution in [3.8, 4) is 0 Å². The van der Waals surface area contributed by atoms with E-state index in [1.165, 1.54) is 6.07 Å². The van der Waals surface area contributed by atoms with Gasteiger partial charge in [-0.05, 0) is 49.7 Å². The summed E-state index contributed by atoms with van der Waals surface area (Å²) in [5, 5.41) is 0. The fraction of sp³-hybridized carbons (Fsp3) is 0.571. The van der Waals surface area contributed by atoms with Crippen LogP contribution in [0.4, 0.5) is 15.8 Å². The van der Waals surface area contributed by atoms with Crippen LogP contribution in [0.2, 0.25) is 0 Å². The number of hydrogen-bond acceptors (Lipinski definition) is 3. The standard InChI is InChI=1S/C14H20BrFN2O/c1-13(2)7-18(8-14(3,4)19-13)12-6-10(16)9(15)5-11(12)17/h5-6H,7-8,17H2,1-4H3. The summed E-state index contributed by atoms with van der Waals surface area (Å²) < 4.78 is 20.1. The lowest BCUT2D eigenvalue weighted by Gasteiger charge is -2.48. The Kier molecular flexibility index (Phi) is 3.56. The predicted octanol–water partition coefficient (Wildman–Crippen LogP) is 3.56. The molecule has 1 saturated heterocycles. The van der Waals surface area contributed by atoms with Crippen molar-refractivity contribution < 1.29 is 9.13 Å². The molecule has 0 unspecified atom stereocenters. The van der Waals surface area contributed by atoms with E-state index in [4.69, 9.17) is 10.5 Å². The van der Waals surface area contributed by atoms with Crippen molar-refractivity contribution in [1.29, 1.82) is 0 Å². The minimum absolute atomic E-state index is 0.294. The number of morpholine rings is 1. The molecule has 0 saturated carbocycles. The van der Waals surface area contributed by atoms with E-state index in [-0.39, 0.29) is 17.0 Å². The summed E-state index contributed by atoms with van der Waals surface area (Å²) in [5.74, 6) is -0.300. The summed E-state index contributed by atoms with van der Waals surface area (Å²) in [6, 6.07) is 3.09. The first-order valence-electron chi connectivity index (χ1n) is 6.29. The van der Waals surface area contributed by atoms with E-state index < -0.39 is 0 Å². The third-order valence-electron chi connectivity index (χ3n) is 3.11. The first-order valence-corrected chi connectivity index (χ1v) is 7.09. The summed E-state index contributed by atoms with van der Waals surface area (Å²) >= 11 is 3.15. The van der Waals surface area contributed by atoms with Gasteiger partial charge < -0.3 is 15.4 Å². The molecule has 0 amide bonds. The maximum absolute atomic E-state index is 13.7. The van der Waals surface area contributed by atoms with Crippen molar-refractivity contribution in [2.75, 3.05) is 23.7 Å². The van der Waals surface area contributed by atoms with Crippen LogP contribution in [0.1, 0.15) is 27.7 Å². The third-order valence-corrected chi connectivity index (χ3v) is 3.71. The minimum atomic E-state index is -0.300. The maximum atomic E-state index is 13.7. The van der Waals surface area contributed by atoms with E-state index in [2.05, 4.69) is 20.8 Å². The highest BCUT2D eigenvalue weighted by Crippen LogP contribution is 2.36. The molecular weight excluding hydrogens is 311 g/mol. The van der Waals surface area contributed by atoms with Crippen LogP contribution >= 0.6 is 15.9 Å². The zero-order valence-electron chi connectivity index (χ0n) is 11.8. The predicted molar refractivity (Wildman–Crippen MR) is 80.0 cm³/mol. The Morgan fingerprint density at radius 3 is 2.26 bits per heavy atom. The second-order valence-electron chi connectivity index (χ2n) is 6.30. The molecule has 1 aliphatic heterocycles. The lowest BCUT2D eigenvalue weighted by Crippen LogP contribution is -2.57. The molecule has 3 nitrogen and oxygen atoms in total. The highest BCUT2D eigenvalue weighted by molar-refractivity contribution is 9.10. The fourth-order valence-corrected chi connectivity index (χ4v) is 3.14. The summed E-state index contributed by atoms with van der Waals surface area (Å²) in [7, 11) is 0. The molecule has 0 aliphatic carbocycles. The number of nitrogen functional groups attached to an aromatic ring is 1. The van der Waals surface area contributed by atoms with Crippen molar-refractivity contribution >= 4 is 27.3 Å². The van der Waals surface area contributed by atoms with Gasteiger partial charge in [0.1, 0.15) is 5.82 Å². The zero-order valence-corrected chi connectivity index (χ0v) is 13.3. The fourth-order valence-electron chi connectivity index (χ4n) is 2.78. The number of rotatable bonds is 1. The quantitative estimate of drug-likeness (QED) is 0.800. The van der Waals surface area contributed by atoms with Gasteiger partial charge in [-0.1, -0.05) is 0 Å². The van der Waals surface area contributed by atoms with Crippen LogP contribution < -0.4 is 10.6 Å². The monoisotopic (exact) mass is 330 g/mol. The molecule has 1 aromatic carbocycles. The second-order valence-corrected chi connectivity index (χ2v) is 7.16. The molecule has 5 heteroatoms. The molecule has 0 radical (unpaired) electrons. The lowest BCUT2D eigenvalue weighted by atomic mass is 9.98. The molecule has 2 rings (SSSR count). The number of hydrogen-bond donors (Lipinski definition) is 1. The first kappa shape index (κ1) is 14.6. The van der Waals surface area contributed by atoms with Crippen LogP contribution in [0.25, 0.3) is 0 Å². The largest absolute Gasteiger partial charge is 0.397 e. The van der Waals surface area contributed by atoms with Crippen molar-refractivity contribution in [3.63, 3.8) is 0 Å². The van der Waals surface area contributed by atoms with Gasteiger partial charge in [0.25, 0.3) is 0 Å². The van der Waals surface area contributed by atoms with E-state index in [9.17, 15) is 4.39 Å². The lowest BCUT2D eigenvalue weighted by molar-refractivity contribution is -0.133. The van der Waals surface area contributed by atoms with Gasteiger partial charge in [0, 0.05) is 19.2 Å². The number of anilines is 2. The average Bonchev–Trinajstić information content (AvgIpc) is 2.18. The van der Waals surface area contributed by atoms with E-state index >= 15 is 0 Å². The van der Waals surface area contributed by atoms with Crippen molar-refractivity contribution in [2.24, 2.45) is 0 Å². The van der Waals surface area contributed by atoms with Gasteiger partial charge in [-0.15, -0.1) is 0 Å². The van der Waals surface area contributed by atoms with Gasteiger partial charge in [-0.2, -0.15) is 0 Å². The van der Waals surface area contributed by atoms with Gasteiger partial charge in [0.2, 0.25) is 0 Å². The zero-order chi connectivity index (χ0) is 14.4. The van der Waals surface area contributed by atoms with Crippen LogP contribution in [-0.4, -0.2) is 24.3 Å². The molecule has 0 atom stereocenters. The van der Waals surface area contributed by atoms with Crippen LogP contribution in [-0.2, 0) is 4.74 Å². The highest BCUT2D eigenvalue weighted by atomic mass is 79.9. The number of benzene rings is 1. The Morgan fingerprint density at radius 1 is 1.21 bits per heavy atom. The van der Waals surface area contributed by atoms with Crippen LogP contribution in [0.3, 0.4) is 0 Å². The molecule has 1 fully saturated rings. The van der Waals surface area contributed by atoms with Gasteiger partial charge in [0.05, 0.1) is 27.0 Å². The Morgan fingerprint density at radius 2 is 1.74 bits per heavy atom. The van der Waals surface area contributed by atoms with E-state index in [0.717, 1.165) is 5.69 Å². The molecule has 0 bridgehead atoms. The Labute approximate surface area is 122 Å². The number of ether oxygens (including phenoxy) is 1. The number of nitrogens with zero attached hydrogens (tertiary/aromatic N) is 1. The van der Waals surface area contributed by atoms with E-state index in [0.29, 0.717) is 23.2 Å². The van der Waals surface area contributed by atoms with Gasteiger partial charge in [-0.25, -0.2) is 4.39 Å². The summed E-state index contributed by atoms with van der Waals surface area (Å²) in [6.45, 7) is 9.50. The Bertz CT molecular complexity index is 486. The van der Waals surface area contributed by atoms with Crippen LogP contribution in [0.5, 0.6) is 0 Å². The molecule has 1 aromatic rings. The molecule has 0 aromatic heterocycles. The van der Waals surface area contributed by atoms with Gasteiger partial charge in [-0.3, -0.25) is 0 Å². The Hall–Kier alpha value is -0.810. The number of nitrogens with two attached hydrogens (primary N) is 1. The Balaban J connectivity index is 2.39. The van der Waals surface area contributed by atoms with E-state index in [1.54, 1.807) is 6.07 Å². The molecular formula is C14H20BrFN2O. The molecule has 1 heterocycles. The topological polar surface area (TPSA) is 38.5 Å².